The van der Waals surface area contributed by atoms with E-state index < -0.39 is 11.7 Å². The van der Waals surface area contributed by atoms with E-state index in [-0.39, 0.29) is 0 Å². The van der Waals surface area contributed by atoms with Gasteiger partial charge in [0.15, 0.2) is 0 Å². The molecule has 2 rings (SSSR count). The van der Waals surface area contributed by atoms with E-state index in [2.05, 4.69) is 6.07 Å². The van der Waals surface area contributed by atoms with Crippen molar-refractivity contribution < 1.29 is 13.2 Å². The van der Waals surface area contributed by atoms with Gasteiger partial charge in [-0.2, -0.15) is 13.2 Å². The molecule has 0 nitrogen and oxygen atoms in total. The lowest BCUT2D eigenvalue weighted by Crippen LogP contribution is -2.04. The first kappa shape index (κ1) is 12.0. The first-order valence-electron chi connectivity index (χ1n) is 4.82. The highest BCUT2D eigenvalue weighted by atomic mass is 35.5. The fourth-order valence-corrected chi connectivity index (χ4v) is 1.74. The molecule has 1 radical (unpaired) electrons. The van der Waals surface area contributed by atoms with Gasteiger partial charge in [-0.1, -0.05) is 41.9 Å². The first-order chi connectivity index (χ1) is 7.98. The van der Waals surface area contributed by atoms with E-state index >= 15 is 0 Å². The van der Waals surface area contributed by atoms with E-state index in [4.69, 9.17) is 11.6 Å². The molecule has 2 aromatic rings. The Hall–Kier alpha value is -1.48. The van der Waals surface area contributed by atoms with Crippen molar-refractivity contribution in [3.05, 3.63) is 59.1 Å². The molecule has 0 aliphatic rings. The molecule has 0 aliphatic carbocycles. The molecule has 0 amide bonds. The average Bonchev–Trinajstić information content (AvgIpc) is 2.29. The van der Waals surface area contributed by atoms with Crippen molar-refractivity contribution in [2.24, 2.45) is 0 Å². The maximum atomic E-state index is 12.5. The van der Waals surface area contributed by atoms with Crippen LogP contribution in [0.5, 0.6) is 0 Å². The Labute approximate surface area is 102 Å². The van der Waals surface area contributed by atoms with Crippen molar-refractivity contribution in [3.63, 3.8) is 0 Å². The minimum atomic E-state index is -4.39. The summed E-state index contributed by atoms with van der Waals surface area (Å²) in [5.41, 5.74) is 0.213. The molecule has 2 aromatic carbocycles. The molecule has 0 aromatic heterocycles. The van der Waals surface area contributed by atoms with Crippen molar-refractivity contribution in [3.8, 4) is 11.1 Å². The Bertz CT molecular complexity index is 532. The van der Waals surface area contributed by atoms with Crippen LogP contribution < -0.4 is 0 Å². The number of hydrogen-bond acceptors (Lipinski definition) is 0. The molecule has 17 heavy (non-hydrogen) atoms. The van der Waals surface area contributed by atoms with Gasteiger partial charge in [0.1, 0.15) is 0 Å². The summed E-state index contributed by atoms with van der Waals surface area (Å²) in [4.78, 5) is 0. The SMILES string of the molecule is FC(F)(F)c1[c]ccc(-c2ccccc2Cl)c1. The summed E-state index contributed by atoms with van der Waals surface area (Å²) >= 11 is 5.93. The Morgan fingerprint density at radius 3 is 2.41 bits per heavy atom. The molecule has 0 saturated carbocycles. The van der Waals surface area contributed by atoms with E-state index in [1.807, 2.05) is 0 Å². The van der Waals surface area contributed by atoms with Crippen LogP contribution in [0.2, 0.25) is 5.02 Å². The number of rotatable bonds is 1. The number of halogens is 4. The summed E-state index contributed by atoms with van der Waals surface area (Å²) in [5, 5.41) is 0.423. The lowest BCUT2D eigenvalue weighted by Gasteiger charge is -2.09. The number of hydrogen-bond donors (Lipinski definition) is 0. The second kappa shape index (κ2) is 4.41. The Morgan fingerprint density at radius 2 is 1.76 bits per heavy atom. The number of benzene rings is 2. The maximum Gasteiger partial charge on any atom is 0.417 e. The molecular formula is C13H7ClF3. The summed E-state index contributed by atoms with van der Waals surface area (Å²) in [7, 11) is 0. The molecule has 0 spiro atoms. The van der Waals surface area contributed by atoms with Gasteiger partial charge in [-0.05, 0) is 23.8 Å². The quantitative estimate of drug-likeness (QED) is 0.685. The summed E-state index contributed by atoms with van der Waals surface area (Å²) in [6.45, 7) is 0. The molecule has 4 heteroatoms. The van der Waals surface area contributed by atoms with Gasteiger partial charge in [0.25, 0.3) is 0 Å². The minimum Gasteiger partial charge on any atom is -0.166 e. The van der Waals surface area contributed by atoms with E-state index in [9.17, 15) is 13.2 Å². The molecule has 0 aliphatic heterocycles. The third-order valence-electron chi connectivity index (χ3n) is 2.29. The van der Waals surface area contributed by atoms with Crippen LogP contribution in [0.15, 0.2) is 42.5 Å². The Morgan fingerprint density at radius 1 is 1.06 bits per heavy atom. The zero-order valence-electron chi connectivity index (χ0n) is 8.55. The number of alkyl halides is 3. The van der Waals surface area contributed by atoms with Crippen LogP contribution in [0.4, 0.5) is 13.2 Å². The normalized spacial score (nSPS) is 11.5. The maximum absolute atomic E-state index is 12.5. The molecular weight excluding hydrogens is 249 g/mol. The van der Waals surface area contributed by atoms with Crippen LogP contribution in [-0.2, 0) is 6.18 Å². The van der Waals surface area contributed by atoms with Crippen molar-refractivity contribution in [1.82, 2.24) is 0 Å². The highest BCUT2D eigenvalue weighted by Gasteiger charge is 2.30. The van der Waals surface area contributed by atoms with Gasteiger partial charge in [-0.3, -0.25) is 0 Å². The highest BCUT2D eigenvalue weighted by Crippen LogP contribution is 2.33. The third-order valence-corrected chi connectivity index (χ3v) is 2.62. The van der Waals surface area contributed by atoms with Gasteiger partial charge in [-0.15, -0.1) is 0 Å². The van der Waals surface area contributed by atoms with Gasteiger partial charge >= 0.3 is 6.18 Å². The van der Waals surface area contributed by atoms with Gasteiger partial charge in [0, 0.05) is 10.6 Å². The van der Waals surface area contributed by atoms with E-state index in [0.29, 0.717) is 16.1 Å². The first-order valence-corrected chi connectivity index (χ1v) is 5.20. The molecule has 0 unspecified atom stereocenters. The van der Waals surface area contributed by atoms with Gasteiger partial charge in [0.05, 0.1) is 5.56 Å². The lowest BCUT2D eigenvalue weighted by atomic mass is 10.0. The third kappa shape index (κ3) is 2.61. The average molecular weight is 256 g/mol. The van der Waals surface area contributed by atoms with E-state index in [1.54, 1.807) is 30.3 Å². The van der Waals surface area contributed by atoms with Gasteiger partial charge < -0.3 is 0 Å². The van der Waals surface area contributed by atoms with Crippen LogP contribution in [0.25, 0.3) is 11.1 Å². The van der Waals surface area contributed by atoms with Crippen molar-refractivity contribution in [2.75, 3.05) is 0 Å². The lowest BCUT2D eigenvalue weighted by molar-refractivity contribution is -0.137. The topological polar surface area (TPSA) is 0 Å². The van der Waals surface area contributed by atoms with Crippen molar-refractivity contribution in [2.45, 2.75) is 6.18 Å². The standard InChI is InChI=1S/C13H7ClF3/c14-12-7-2-1-6-11(12)9-4-3-5-10(8-9)13(15,16)17/h1-4,6-8H. The Kier molecular flexibility index (Phi) is 3.11. The van der Waals surface area contributed by atoms with Crippen LogP contribution in [0.3, 0.4) is 0 Å². The second-order valence-electron chi connectivity index (χ2n) is 3.47. The smallest absolute Gasteiger partial charge is 0.166 e. The van der Waals surface area contributed by atoms with Crippen LogP contribution >= 0.6 is 11.6 Å². The molecule has 0 atom stereocenters. The van der Waals surface area contributed by atoms with E-state index in [0.717, 1.165) is 6.07 Å². The fourth-order valence-electron chi connectivity index (χ4n) is 1.49. The predicted molar refractivity (Wildman–Crippen MR) is 60.7 cm³/mol. The Balaban J connectivity index is 2.51. The minimum absolute atomic E-state index is 0.423. The second-order valence-corrected chi connectivity index (χ2v) is 3.88. The molecule has 0 bridgehead atoms. The summed E-state index contributed by atoms with van der Waals surface area (Å²) in [6.07, 6.45) is -4.39. The van der Waals surface area contributed by atoms with Crippen molar-refractivity contribution >= 4 is 11.6 Å². The summed E-state index contributed by atoms with van der Waals surface area (Å²) in [5.74, 6) is 0. The zero-order valence-corrected chi connectivity index (χ0v) is 9.31. The van der Waals surface area contributed by atoms with Crippen LogP contribution in [0.1, 0.15) is 5.56 Å². The summed E-state index contributed by atoms with van der Waals surface area (Å²) in [6, 6.07) is 12.8. The largest absolute Gasteiger partial charge is 0.417 e. The molecule has 0 saturated heterocycles. The zero-order chi connectivity index (χ0) is 12.5. The molecule has 0 N–H and O–H groups in total. The molecule has 0 fully saturated rings. The monoisotopic (exact) mass is 255 g/mol. The molecule has 87 valence electrons. The predicted octanol–water partition coefficient (Wildman–Crippen LogP) is 4.83. The molecule has 0 heterocycles. The van der Waals surface area contributed by atoms with Crippen molar-refractivity contribution in [1.29, 1.82) is 0 Å². The van der Waals surface area contributed by atoms with Crippen LogP contribution in [-0.4, -0.2) is 0 Å². The van der Waals surface area contributed by atoms with Gasteiger partial charge in [0.2, 0.25) is 0 Å². The van der Waals surface area contributed by atoms with Gasteiger partial charge in [-0.25, -0.2) is 0 Å². The fraction of sp³-hybridized carbons (Fsp3) is 0.0769. The van der Waals surface area contributed by atoms with E-state index in [1.165, 1.54) is 6.07 Å². The van der Waals surface area contributed by atoms with Crippen LogP contribution in [0, 0.1) is 6.07 Å². The summed E-state index contributed by atoms with van der Waals surface area (Å²) < 4.78 is 37.6. The highest BCUT2D eigenvalue weighted by molar-refractivity contribution is 6.33.